The van der Waals surface area contributed by atoms with Crippen molar-refractivity contribution in [3.05, 3.63) is 99.0 Å². The molecule has 1 aromatic heterocycles. The summed E-state index contributed by atoms with van der Waals surface area (Å²) >= 11 is 12.4. The first-order chi connectivity index (χ1) is 18.0. The molecule has 2 atom stereocenters. The van der Waals surface area contributed by atoms with Crippen LogP contribution in [0.25, 0.3) is 11.0 Å². The van der Waals surface area contributed by atoms with Crippen LogP contribution in [-0.4, -0.2) is 51.9 Å². The fourth-order valence-electron chi connectivity index (χ4n) is 5.01. The largest absolute Gasteiger partial charge is 0.419 e. The molecule has 1 amide bonds. The van der Waals surface area contributed by atoms with Gasteiger partial charge in [-0.1, -0.05) is 35.3 Å². The molecule has 0 bridgehead atoms. The monoisotopic (exact) mass is 564 g/mol. The second-order valence-electron chi connectivity index (χ2n) is 9.42. The molecule has 1 saturated heterocycles. The van der Waals surface area contributed by atoms with Crippen molar-refractivity contribution in [2.75, 3.05) is 20.1 Å². The number of amides is 1. The minimum atomic E-state index is -4.76. The molecule has 3 aromatic carbocycles. The quantitative estimate of drug-likeness (QED) is 0.272. The Morgan fingerprint density at radius 3 is 2.58 bits per heavy atom. The van der Waals surface area contributed by atoms with E-state index >= 15 is 0 Å². The van der Waals surface area contributed by atoms with E-state index in [9.17, 15) is 22.4 Å². The zero-order valence-electron chi connectivity index (χ0n) is 20.1. The number of hydrogen-bond donors (Lipinski definition) is 1. The summed E-state index contributed by atoms with van der Waals surface area (Å²) in [5.41, 5.74) is 1.95. The zero-order valence-corrected chi connectivity index (χ0v) is 21.6. The van der Waals surface area contributed by atoms with Crippen LogP contribution < -0.4 is 0 Å². The number of aromatic nitrogens is 2. The summed E-state index contributed by atoms with van der Waals surface area (Å²) in [6.45, 7) is 0.915. The number of carbonyl (C=O) groups excluding carboxylic acids is 1. The van der Waals surface area contributed by atoms with Gasteiger partial charge in [-0.2, -0.15) is 13.2 Å². The molecule has 1 aliphatic rings. The van der Waals surface area contributed by atoms with E-state index in [1.807, 2.05) is 11.0 Å². The molecule has 1 aliphatic heterocycles. The number of alkyl halides is 3. The molecule has 1 N–H and O–H groups in total. The van der Waals surface area contributed by atoms with Crippen LogP contribution in [-0.2, 0) is 12.7 Å². The highest BCUT2D eigenvalue weighted by Gasteiger charge is 2.39. The van der Waals surface area contributed by atoms with Gasteiger partial charge < -0.3 is 9.88 Å². The molecule has 0 aliphatic carbocycles. The normalized spacial score (nSPS) is 18.1. The van der Waals surface area contributed by atoms with Crippen molar-refractivity contribution >= 4 is 40.1 Å². The maximum absolute atomic E-state index is 14.2. The number of likely N-dealkylation sites (tertiary alicyclic amines) is 1. The highest BCUT2D eigenvalue weighted by molar-refractivity contribution is 6.42. The van der Waals surface area contributed by atoms with E-state index in [0.717, 1.165) is 28.7 Å². The molecule has 0 spiro atoms. The molecule has 1 fully saturated rings. The Morgan fingerprint density at radius 2 is 1.87 bits per heavy atom. The molecule has 198 valence electrons. The maximum Gasteiger partial charge on any atom is 0.419 e. The number of carbonyl (C=O) groups is 1. The van der Waals surface area contributed by atoms with Crippen LogP contribution in [0.4, 0.5) is 17.6 Å². The molecule has 38 heavy (non-hydrogen) atoms. The van der Waals surface area contributed by atoms with E-state index in [0.29, 0.717) is 34.3 Å². The molecule has 5 rings (SSSR count). The van der Waals surface area contributed by atoms with Gasteiger partial charge in [-0.05, 0) is 60.6 Å². The Balaban J connectivity index is 1.42. The molecule has 2 unspecified atom stereocenters. The van der Waals surface area contributed by atoms with E-state index in [1.54, 1.807) is 48.6 Å². The van der Waals surface area contributed by atoms with Gasteiger partial charge in [-0.3, -0.25) is 9.69 Å². The van der Waals surface area contributed by atoms with Gasteiger partial charge in [-0.15, -0.1) is 0 Å². The molecule has 4 aromatic rings. The van der Waals surface area contributed by atoms with E-state index < -0.39 is 17.6 Å². The third kappa shape index (κ3) is 5.23. The lowest BCUT2D eigenvalue weighted by atomic mass is 9.93. The Labute approximate surface area is 226 Å². The van der Waals surface area contributed by atoms with Crippen LogP contribution in [0.1, 0.15) is 33.0 Å². The SMILES string of the molecule is CN(Cc1ccc(C(F)(F)F)c(F)c1)C1CN(C(=O)c2ccc3nc[nH]c3c2)CC1c1ccc(Cl)c(Cl)c1. The Bertz CT molecular complexity index is 1510. The van der Waals surface area contributed by atoms with Gasteiger partial charge in [0.15, 0.2) is 0 Å². The van der Waals surface area contributed by atoms with Crippen LogP contribution in [0, 0.1) is 5.82 Å². The van der Waals surface area contributed by atoms with Crippen LogP contribution in [0.15, 0.2) is 60.9 Å². The molecular formula is C27H22Cl2F4N4O. The number of rotatable bonds is 5. The number of H-pyrrole nitrogens is 1. The van der Waals surface area contributed by atoms with Gasteiger partial charge in [0.1, 0.15) is 5.82 Å². The maximum atomic E-state index is 14.2. The van der Waals surface area contributed by atoms with Crippen LogP contribution in [0.2, 0.25) is 10.0 Å². The van der Waals surface area contributed by atoms with E-state index in [1.165, 1.54) is 6.07 Å². The summed E-state index contributed by atoms with van der Waals surface area (Å²) in [6, 6.07) is 13.3. The number of hydrogen-bond acceptors (Lipinski definition) is 3. The first-order valence-electron chi connectivity index (χ1n) is 11.7. The van der Waals surface area contributed by atoms with Crippen molar-refractivity contribution in [3.8, 4) is 0 Å². The highest BCUT2D eigenvalue weighted by Crippen LogP contribution is 2.36. The summed E-state index contributed by atoms with van der Waals surface area (Å²) in [4.78, 5) is 24.3. The lowest BCUT2D eigenvalue weighted by Gasteiger charge is -2.29. The number of halogens is 6. The summed E-state index contributed by atoms with van der Waals surface area (Å²) in [7, 11) is 1.80. The average Bonchev–Trinajstić information content (AvgIpc) is 3.51. The second-order valence-corrected chi connectivity index (χ2v) is 10.2. The van der Waals surface area contributed by atoms with Gasteiger partial charge >= 0.3 is 6.18 Å². The van der Waals surface area contributed by atoms with Crippen LogP contribution >= 0.6 is 23.2 Å². The number of likely N-dealkylation sites (N-methyl/N-ethyl adjacent to an activating group) is 1. The topological polar surface area (TPSA) is 52.2 Å². The lowest BCUT2D eigenvalue weighted by molar-refractivity contribution is -0.140. The number of fused-ring (bicyclic) bond motifs is 1. The number of imidazole rings is 1. The Morgan fingerprint density at radius 1 is 1.08 bits per heavy atom. The molecule has 5 nitrogen and oxygen atoms in total. The summed E-state index contributed by atoms with van der Waals surface area (Å²) < 4.78 is 53.2. The van der Waals surface area contributed by atoms with Crippen molar-refractivity contribution < 1.29 is 22.4 Å². The van der Waals surface area contributed by atoms with Gasteiger partial charge in [0.25, 0.3) is 5.91 Å². The Kier molecular flexibility index (Phi) is 7.11. The fourth-order valence-corrected chi connectivity index (χ4v) is 5.32. The van der Waals surface area contributed by atoms with Crippen LogP contribution in [0.5, 0.6) is 0 Å². The average molecular weight is 565 g/mol. The van der Waals surface area contributed by atoms with Crippen molar-refractivity contribution in [1.29, 1.82) is 0 Å². The number of benzene rings is 3. The second kappa shape index (κ2) is 10.2. The molecule has 0 saturated carbocycles. The van der Waals surface area contributed by atoms with Crippen molar-refractivity contribution in [2.45, 2.75) is 24.7 Å². The van der Waals surface area contributed by atoms with E-state index in [2.05, 4.69) is 9.97 Å². The summed E-state index contributed by atoms with van der Waals surface area (Å²) in [5, 5.41) is 0.782. The first kappa shape index (κ1) is 26.5. The number of nitrogens with one attached hydrogen (secondary N) is 1. The third-order valence-corrected chi connectivity index (χ3v) is 7.69. The van der Waals surface area contributed by atoms with Gasteiger partial charge in [0.05, 0.1) is 33.0 Å². The van der Waals surface area contributed by atoms with Crippen molar-refractivity contribution in [1.82, 2.24) is 19.8 Å². The molecule has 0 radical (unpaired) electrons. The summed E-state index contributed by atoms with van der Waals surface area (Å²) in [5.74, 6) is -1.65. The zero-order chi connectivity index (χ0) is 27.2. The standard InChI is InChI=1S/C27H22Cl2F4N4O/c1-36(11-15-2-5-19(22(30)8-15)27(31,32)33)25-13-37(12-18(25)16-3-6-20(28)21(29)9-16)26(38)17-4-7-23-24(10-17)35-14-34-23/h2-10,14,18,25H,11-13H2,1H3,(H,34,35). The third-order valence-electron chi connectivity index (χ3n) is 6.95. The van der Waals surface area contributed by atoms with Gasteiger partial charge in [0.2, 0.25) is 0 Å². The van der Waals surface area contributed by atoms with Gasteiger partial charge in [-0.25, -0.2) is 9.37 Å². The highest BCUT2D eigenvalue weighted by atomic mass is 35.5. The first-order valence-corrected chi connectivity index (χ1v) is 12.5. The predicted octanol–water partition coefficient (Wildman–Crippen LogP) is 6.77. The van der Waals surface area contributed by atoms with Gasteiger partial charge in [0, 0.05) is 37.2 Å². The summed E-state index contributed by atoms with van der Waals surface area (Å²) in [6.07, 6.45) is -3.21. The molecular weight excluding hydrogens is 543 g/mol. The van der Waals surface area contributed by atoms with E-state index in [-0.39, 0.29) is 24.4 Å². The molecule has 11 heteroatoms. The van der Waals surface area contributed by atoms with Crippen molar-refractivity contribution in [3.63, 3.8) is 0 Å². The number of aromatic amines is 1. The fraction of sp³-hybridized carbons (Fsp3) is 0.259. The smallest absolute Gasteiger partial charge is 0.345 e. The predicted molar refractivity (Wildman–Crippen MR) is 138 cm³/mol. The molecule has 2 heterocycles. The number of nitrogens with zero attached hydrogens (tertiary/aromatic N) is 3. The van der Waals surface area contributed by atoms with Crippen LogP contribution in [0.3, 0.4) is 0 Å². The van der Waals surface area contributed by atoms with E-state index in [4.69, 9.17) is 23.2 Å². The minimum absolute atomic E-state index is 0.164. The lowest BCUT2D eigenvalue weighted by Crippen LogP contribution is -2.38. The van der Waals surface area contributed by atoms with Crippen molar-refractivity contribution in [2.24, 2.45) is 0 Å². The minimum Gasteiger partial charge on any atom is -0.345 e. The Hall–Kier alpha value is -3.14.